The van der Waals surface area contributed by atoms with Crippen LogP contribution in [0.25, 0.3) is 0 Å². The van der Waals surface area contributed by atoms with Gasteiger partial charge in [0, 0.05) is 0 Å². The van der Waals surface area contributed by atoms with Crippen molar-refractivity contribution in [2.45, 2.75) is 38.2 Å². The van der Waals surface area contributed by atoms with Crippen LogP contribution in [0.2, 0.25) is 0 Å². The molecule has 0 aromatic carbocycles. The second kappa shape index (κ2) is 5.69. The molecule has 0 aromatic heterocycles. The Morgan fingerprint density at radius 2 is 2.00 bits per heavy atom. The third-order valence-corrected chi connectivity index (χ3v) is 3.98. The number of methoxy groups -OCH3 is 2. The van der Waals surface area contributed by atoms with E-state index in [0.29, 0.717) is 11.5 Å². The highest BCUT2D eigenvalue weighted by atomic mass is 16.5. The van der Waals surface area contributed by atoms with E-state index in [-0.39, 0.29) is 5.57 Å². The van der Waals surface area contributed by atoms with Gasteiger partial charge < -0.3 is 14.2 Å². The highest BCUT2D eigenvalue weighted by Crippen LogP contribution is 2.43. The standard InChI is InChI=1S/C15H20O5/c1-10-5-4-6-15(8-10)12(14(17)19-3)7-11(9-20-15)13(16)18-2/h7,9-10H,4-6,8H2,1-3H3. The Balaban J connectivity index is 2.36. The smallest absolute Gasteiger partial charge is 0.341 e. The number of carbonyl (C=O) groups is 2. The van der Waals surface area contributed by atoms with Crippen molar-refractivity contribution in [1.82, 2.24) is 0 Å². The summed E-state index contributed by atoms with van der Waals surface area (Å²) in [5.74, 6) is -0.511. The van der Waals surface area contributed by atoms with Crippen LogP contribution in [-0.2, 0) is 23.8 Å². The predicted octanol–water partition coefficient (Wildman–Crippen LogP) is 2.12. The molecule has 1 saturated carbocycles. The summed E-state index contributed by atoms with van der Waals surface area (Å²) in [6, 6.07) is 0. The van der Waals surface area contributed by atoms with Crippen LogP contribution in [-0.4, -0.2) is 31.8 Å². The minimum Gasteiger partial charge on any atom is -0.489 e. The molecule has 0 bridgehead atoms. The zero-order chi connectivity index (χ0) is 14.8. The molecule has 0 amide bonds. The Labute approximate surface area is 118 Å². The van der Waals surface area contributed by atoms with E-state index >= 15 is 0 Å². The summed E-state index contributed by atoms with van der Waals surface area (Å²) in [5, 5.41) is 0. The topological polar surface area (TPSA) is 61.8 Å². The van der Waals surface area contributed by atoms with Gasteiger partial charge in [0.1, 0.15) is 5.60 Å². The fourth-order valence-corrected chi connectivity index (χ4v) is 3.00. The van der Waals surface area contributed by atoms with E-state index in [0.717, 1.165) is 25.7 Å². The molecular weight excluding hydrogens is 260 g/mol. The second-order valence-corrected chi connectivity index (χ2v) is 5.43. The van der Waals surface area contributed by atoms with Gasteiger partial charge in [0.25, 0.3) is 0 Å². The highest BCUT2D eigenvalue weighted by Gasteiger charge is 2.45. The molecule has 2 unspecified atom stereocenters. The summed E-state index contributed by atoms with van der Waals surface area (Å²) in [5.41, 5.74) is -0.0198. The minimum absolute atomic E-state index is 0.233. The first-order chi connectivity index (χ1) is 9.52. The Kier molecular flexibility index (Phi) is 4.16. The Morgan fingerprint density at radius 1 is 1.30 bits per heavy atom. The molecule has 1 spiro atoms. The lowest BCUT2D eigenvalue weighted by atomic mass is 9.73. The molecule has 5 heteroatoms. The second-order valence-electron chi connectivity index (χ2n) is 5.43. The van der Waals surface area contributed by atoms with E-state index in [1.165, 1.54) is 20.5 Å². The molecular formula is C15H20O5. The fourth-order valence-electron chi connectivity index (χ4n) is 3.00. The summed E-state index contributed by atoms with van der Waals surface area (Å²) < 4.78 is 15.3. The van der Waals surface area contributed by atoms with Gasteiger partial charge in [-0.2, -0.15) is 0 Å². The van der Waals surface area contributed by atoms with Crippen LogP contribution in [0.15, 0.2) is 23.5 Å². The van der Waals surface area contributed by atoms with Crippen molar-refractivity contribution < 1.29 is 23.8 Å². The van der Waals surface area contributed by atoms with Crippen LogP contribution in [0.5, 0.6) is 0 Å². The van der Waals surface area contributed by atoms with Gasteiger partial charge in [-0.3, -0.25) is 0 Å². The quantitative estimate of drug-likeness (QED) is 0.725. The number of hydrogen-bond acceptors (Lipinski definition) is 5. The maximum absolute atomic E-state index is 12.1. The maximum atomic E-state index is 12.1. The Morgan fingerprint density at radius 3 is 2.60 bits per heavy atom. The van der Waals surface area contributed by atoms with E-state index in [2.05, 4.69) is 11.7 Å². The SMILES string of the molecule is COC(=O)C1=COC2(CCCC(C)C2)C(C(=O)OC)=C1. The highest BCUT2D eigenvalue weighted by molar-refractivity contribution is 5.98. The Bertz CT molecular complexity index is 477. The van der Waals surface area contributed by atoms with Crippen molar-refractivity contribution in [3.63, 3.8) is 0 Å². The van der Waals surface area contributed by atoms with Gasteiger partial charge in [-0.05, 0) is 31.3 Å². The zero-order valence-electron chi connectivity index (χ0n) is 12.1. The van der Waals surface area contributed by atoms with Crippen LogP contribution < -0.4 is 0 Å². The van der Waals surface area contributed by atoms with Gasteiger partial charge in [-0.15, -0.1) is 0 Å². The molecule has 2 atom stereocenters. The number of esters is 2. The predicted molar refractivity (Wildman–Crippen MR) is 71.6 cm³/mol. The molecule has 110 valence electrons. The summed E-state index contributed by atoms with van der Waals surface area (Å²) >= 11 is 0. The molecule has 1 aliphatic heterocycles. The van der Waals surface area contributed by atoms with Crippen molar-refractivity contribution in [3.8, 4) is 0 Å². The van der Waals surface area contributed by atoms with Crippen molar-refractivity contribution in [2.24, 2.45) is 5.92 Å². The fraction of sp³-hybridized carbons (Fsp3) is 0.600. The first kappa shape index (κ1) is 14.6. The Hall–Kier alpha value is -1.78. The third kappa shape index (κ3) is 2.57. The average molecular weight is 280 g/mol. The summed E-state index contributed by atoms with van der Waals surface area (Å²) in [7, 11) is 2.63. The van der Waals surface area contributed by atoms with Gasteiger partial charge in [0.2, 0.25) is 0 Å². The summed E-state index contributed by atoms with van der Waals surface area (Å²) in [6.45, 7) is 2.14. The normalized spacial score (nSPS) is 29.1. The molecule has 0 saturated heterocycles. The monoisotopic (exact) mass is 280 g/mol. The summed E-state index contributed by atoms with van der Waals surface area (Å²) in [6.07, 6.45) is 6.54. The van der Waals surface area contributed by atoms with E-state index < -0.39 is 17.5 Å². The first-order valence-electron chi connectivity index (χ1n) is 6.79. The van der Waals surface area contributed by atoms with Crippen LogP contribution in [0.1, 0.15) is 32.6 Å². The molecule has 2 rings (SSSR count). The molecule has 1 heterocycles. The van der Waals surface area contributed by atoms with Crippen LogP contribution in [0, 0.1) is 5.92 Å². The van der Waals surface area contributed by atoms with E-state index in [1.807, 2.05) is 0 Å². The van der Waals surface area contributed by atoms with E-state index in [1.54, 1.807) is 6.08 Å². The van der Waals surface area contributed by atoms with Gasteiger partial charge in [-0.25, -0.2) is 9.59 Å². The van der Waals surface area contributed by atoms with Crippen molar-refractivity contribution >= 4 is 11.9 Å². The van der Waals surface area contributed by atoms with Crippen molar-refractivity contribution in [3.05, 3.63) is 23.5 Å². The van der Waals surface area contributed by atoms with Crippen LogP contribution in [0.4, 0.5) is 0 Å². The maximum Gasteiger partial charge on any atom is 0.341 e. The lowest BCUT2D eigenvalue weighted by molar-refractivity contribution is -0.140. The van der Waals surface area contributed by atoms with Crippen molar-refractivity contribution in [2.75, 3.05) is 14.2 Å². The number of hydrogen-bond donors (Lipinski definition) is 0. The molecule has 5 nitrogen and oxygen atoms in total. The van der Waals surface area contributed by atoms with Crippen LogP contribution >= 0.6 is 0 Å². The van der Waals surface area contributed by atoms with Gasteiger partial charge >= 0.3 is 11.9 Å². The lowest BCUT2D eigenvalue weighted by Gasteiger charge is -2.41. The summed E-state index contributed by atoms with van der Waals surface area (Å²) in [4.78, 5) is 23.6. The van der Waals surface area contributed by atoms with Gasteiger partial charge in [0.15, 0.2) is 0 Å². The lowest BCUT2D eigenvalue weighted by Crippen LogP contribution is -2.43. The number of carbonyl (C=O) groups excluding carboxylic acids is 2. The van der Waals surface area contributed by atoms with E-state index in [4.69, 9.17) is 9.47 Å². The number of ether oxygens (including phenoxy) is 3. The molecule has 0 aromatic rings. The number of rotatable bonds is 2. The van der Waals surface area contributed by atoms with Gasteiger partial charge in [-0.1, -0.05) is 13.3 Å². The molecule has 2 aliphatic rings. The minimum atomic E-state index is -0.664. The molecule has 1 fully saturated rings. The van der Waals surface area contributed by atoms with Crippen molar-refractivity contribution in [1.29, 1.82) is 0 Å². The largest absolute Gasteiger partial charge is 0.489 e. The van der Waals surface area contributed by atoms with E-state index in [9.17, 15) is 9.59 Å². The van der Waals surface area contributed by atoms with Crippen LogP contribution in [0.3, 0.4) is 0 Å². The molecule has 0 N–H and O–H groups in total. The molecule has 20 heavy (non-hydrogen) atoms. The zero-order valence-corrected chi connectivity index (χ0v) is 12.1. The average Bonchev–Trinajstić information content (AvgIpc) is 2.46. The van der Waals surface area contributed by atoms with Gasteiger partial charge in [0.05, 0.1) is 31.6 Å². The molecule has 1 aliphatic carbocycles. The first-order valence-corrected chi connectivity index (χ1v) is 6.79. The third-order valence-electron chi connectivity index (χ3n) is 3.98. The molecule has 0 radical (unpaired) electrons.